The quantitative estimate of drug-likeness (QED) is 0.816. The van der Waals surface area contributed by atoms with E-state index in [1.807, 2.05) is 68.7 Å². The predicted molar refractivity (Wildman–Crippen MR) is 93.5 cm³/mol. The average molecular weight is 326 g/mol. The molecule has 0 radical (unpaired) electrons. The Kier molecular flexibility index (Phi) is 5.01. The van der Waals surface area contributed by atoms with E-state index in [4.69, 9.17) is 9.47 Å². The van der Waals surface area contributed by atoms with Gasteiger partial charge in [-0.25, -0.2) is 4.79 Å². The minimum atomic E-state index is -0.326. The summed E-state index contributed by atoms with van der Waals surface area (Å²) >= 11 is 0. The Hall–Kier alpha value is -2.53. The zero-order valence-corrected chi connectivity index (χ0v) is 14.0. The number of likely N-dealkylation sites (N-methyl/N-ethyl adjacent to an activating group) is 1. The lowest BCUT2D eigenvalue weighted by molar-refractivity contribution is 0.139. The molecule has 1 aliphatic heterocycles. The predicted octanol–water partition coefficient (Wildman–Crippen LogP) is 3.32. The van der Waals surface area contributed by atoms with Gasteiger partial charge in [0.25, 0.3) is 0 Å². The van der Waals surface area contributed by atoms with Crippen molar-refractivity contribution in [3.8, 4) is 5.75 Å². The number of ether oxygens (including phenoxy) is 2. The van der Waals surface area contributed by atoms with Crippen molar-refractivity contribution in [1.82, 2.24) is 4.90 Å². The maximum atomic E-state index is 12.2. The minimum Gasteiger partial charge on any atom is -0.492 e. The van der Waals surface area contributed by atoms with E-state index in [-0.39, 0.29) is 12.2 Å². The molecule has 126 valence electrons. The lowest BCUT2D eigenvalue weighted by Crippen LogP contribution is -2.23. The van der Waals surface area contributed by atoms with Crippen LogP contribution in [0.5, 0.6) is 5.75 Å². The third-order valence-electron chi connectivity index (χ3n) is 3.94. The van der Waals surface area contributed by atoms with E-state index in [2.05, 4.69) is 4.90 Å². The molecule has 0 aliphatic carbocycles. The molecule has 0 N–H and O–H groups in total. The highest BCUT2D eigenvalue weighted by Crippen LogP contribution is 2.34. The monoisotopic (exact) mass is 326 g/mol. The SMILES string of the molecule is CN(C)CCOc1ccccc1C1CN(c2ccccc2)C(=O)O1. The van der Waals surface area contributed by atoms with Crippen molar-refractivity contribution in [2.45, 2.75) is 6.10 Å². The van der Waals surface area contributed by atoms with Gasteiger partial charge >= 0.3 is 6.09 Å². The molecule has 0 saturated carbocycles. The van der Waals surface area contributed by atoms with E-state index in [1.54, 1.807) is 4.90 Å². The number of para-hydroxylation sites is 2. The molecular formula is C19H22N2O3. The lowest BCUT2D eigenvalue weighted by Gasteiger charge is -2.16. The van der Waals surface area contributed by atoms with Crippen LogP contribution in [0.2, 0.25) is 0 Å². The number of hydrogen-bond acceptors (Lipinski definition) is 4. The molecule has 1 aliphatic rings. The standard InChI is InChI=1S/C19H22N2O3/c1-20(2)12-13-23-17-11-7-6-10-16(17)18-14-21(19(22)24-18)15-8-4-3-5-9-15/h3-11,18H,12-14H2,1-2H3. The Morgan fingerprint density at radius 3 is 2.58 bits per heavy atom. The molecule has 0 spiro atoms. The zero-order valence-electron chi connectivity index (χ0n) is 14.0. The van der Waals surface area contributed by atoms with Crippen LogP contribution in [0.3, 0.4) is 0 Å². The molecule has 24 heavy (non-hydrogen) atoms. The number of benzene rings is 2. The van der Waals surface area contributed by atoms with Crippen LogP contribution in [0.4, 0.5) is 10.5 Å². The highest BCUT2D eigenvalue weighted by Gasteiger charge is 2.34. The van der Waals surface area contributed by atoms with E-state index >= 15 is 0 Å². The molecule has 3 rings (SSSR count). The molecule has 1 saturated heterocycles. The fraction of sp³-hybridized carbons (Fsp3) is 0.316. The molecule has 1 atom stereocenters. The van der Waals surface area contributed by atoms with E-state index in [1.165, 1.54) is 0 Å². The van der Waals surface area contributed by atoms with Crippen LogP contribution in [0.15, 0.2) is 54.6 Å². The van der Waals surface area contributed by atoms with Crippen molar-refractivity contribution in [3.63, 3.8) is 0 Å². The van der Waals surface area contributed by atoms with Crippen LogP contribution in [0.25, 0.3) is 0 Å². The summed E-state index contributed by atoms with van der Waals surface area (Å²) < 4.78 is 11.5. The molecule has 5 nitrogen and oxygen atoms in total. The number of cyclic esters (lactones) is 1. The van der Waals surface area contributed by atoms with E-state index in [0.29, 0.717) is 13.2 Å². The summed E-state index contributed by atoms with van der Waals surface area (Å²) in [6, 6.07) is 17.3. The van der Waals surface area contributed by atoms with E-state index in [9.17, 15) is 4.79 Å². The number of nitrogens with zero attached hydrogens (tertiary/aromatic N) is 2. The second kappa shape index (κ2) is 7.36. The fourth-order valence-corrected chi connectivity index (χ4v) is 2.66. The van der Waals surface area contributed by atoms with Crippen molar-refractivity contribution in [3.05, 3.63) is 60.2 Å². The number of hydrogen-bond donors (Lipinski definition) is 0. The topological polar surface area (TPSA) is 42.0 Å². The van der Waals surface area contributed by atoms with Gasteiger partial charge in [0, 0.05) is 17.8 Å². The number of rotatable bonds is 6. The summed E-state index contributed by atoms with van der Waals surface area (Å²) in [5.41, 5.74) is 1.75. The van der Waals surface area contributed by atoms with Gasteiger partial charge in [0.15, 0.2) is 6.10 Å². The number of anilines is 1. The smallest absolute Gasteiger partial charge is 0.415 e. The summed E-state index contributed by atoms with van der Waals surface area (Å²) in [7, 11) is 4.01. The van der Waals surface area contributed by atoms with Gasteiger partial charge in [-0.3, -0.25) is 4.90 Å². The van der Waals surface area contributed by atoms with Gasteiger partial charge in [0.2, 0.25) is 0 Å². The van der Waals surface area contributed by atoms with Crippen LogP contribution < -0.4 is 9.64 Å². The first-order chi connectivity index (χ1) is 11.6. The summed E-state index contributed by atoms with van der Waals surface area (Å²) in [4.78, 5) is 15.9. The van der Waals surface area contributed by atoms with Crippen molar-refractivity contribution in [2.75, 3.05) is 38.7 Å². The third kappa shape index (κ3) is 3.68. The molecule has 0 aromatic heterocycles. The summed E-state index contributed by atoms with van der Waals surface area (Å²) in [6.45, 7) is 1.90. The first-order valence-corrected chi connectivity index (χ1v) is 8.05. The van der Waals surface area contributed by atoms with Gasteiger partial charge < -0.3 is 14.4 Å². The Morgan fingerprint density at radius 1 is 1.12 bits per heavy atom. The second-order valence-electron chi connectivity index (χ2n) is 6.01. The Balaban J connectivity index is 1.74. The van der Waals surface area contributed by atoms with Gasteiger partial charge in [0.1, 0.15) is 12.4 Å². The van der Waals surface area contributed by atoms with Gasteiger partial charge in [-0.2, -0.15) is 0 Å². The Morgan fingerprint density at radius 2 is 1.83 bits per heavy atom. The molecule has 2 aromatic rings. The molecule has 5 heteroatoms. The van der Waals surface area contributed by atoms with E-state index in [0.717, 1.165) is 23.5 Å². The van der Waals surface area contributed by atoms with Crippen molar-refractivity contribution in [1.29, 1.82) is 0 Å². The largest absolute Gasteiger partial charge is 0.492 e. The van der Waals surface area contributed by atoms with Gasteiger partial charge in [-0.05, 0) is 32.3 Å². The Labute approximate surface area is 142 Å². The van der Waals surface area contributed by atoms with Crippen LogP contribution in [0.1, 0.15) is 11.7 Å². The Bertz CT molecular complexity index is 688. The fourth-order valence-electron chi connectivity index (χ4n) is 2.66. The van der Waals surface area contributed by atoms with E-state index < -0.39 is 0 Å². The molecule has 1 amide bonds. The van der Waals surface area contributed by atoms with Crippen molar-refractivity contribution in [2.24, 2.45) is 0 Å². The highest BCUT2D eigenvalue weighted by atomic mass is 16.6. The first-order valence-electron chi connectivity index (χ1n) is 8.05. The maximum Gasteiger partial charge on any atom is 0.415 e. The third-order valence-corrected chi connectivity index (χ3v) is 3.94. The summed E-state index contributed by atoms with van der Waals surface area (Å²) in [6.07, 6.45) is -0.650. The summed E-state index contributed by atoms with van der Waals surface area (Å²) in [5.74, 6) is 0.770. The van der Waals surface area contributed by atoms with Crippen molar-refractivity contribution < 1.29 is 14.3 Å². The highest BCUT2D eigenvalue weighted by molar-refractivity contribution is 5.89. The molecule has 1 unspecified atom stereocenters. The zero-order chi connectivity index (χ0) is 16.9. The molecule has 0 bridgehead atoms. The maximum absolute atomic E-state index is 12.2. The van der Waals surface area contributed by atoms with Crippen LogP contribution in [-0.4, -0.2) is 44.8 Å². The number of carbonyl (C=O) groups is 1. The second-order valence-corrected chi connectivity index (χ2v) is 6.01. The average Bonchev–Trinajstić information content (AvgIpc) is 2.97. The molecule has 1 fully saturated rings. The van der Waals surface area contributed by atoms with Gasteiger partial charge in [-0.15, -0.1) is 0 Å². The summed E-state index contributed by atoms with van der Waals surface area (Å²) in [5, 5.41) is 0. The minimum absolute atomic E-state index is 0.325. The lowest BCUT2D eigenvalue weighted by atomic mass is 10.1. The molecule has 1 heterocycles. The molecular weight excluding hydrogens is 304 g/mol. The van der Waals surface area contributed by atoms with Crippen LogP contribution in [-0.2, 0) is 4.74 Å². The van der Waals surface area contributed by atoms with Gasteiger partial charge in [-0.1, -0.05) is 36.4 Å². The van der Waals surface area contributed by atoms with Gasteiger partial charge in [0.05, 0.1) is 6.54 Å². The number of amides is 1. The number of carbonyl (C=O) groups excluding carboxylic acids is 1. The van der Waals surface area contributed by atoms with Crippen LogP contribution >= 0.6 is 0 Å². The first kappa shape index (κ1) is 16.3. The van der Waals surface area contributed by atoms with Crippen molar-refractivity contribution >= 4 is 11.8 Å². The normalized spacial score (nSPS) is 17.2. The van der Waals surface area contributed by atoms with Crippen LogP contribution in [0, 0.1) is 0 Å². The molecule has 2 aromatic carbocycles.